The Labute approximate surface area is 141 Å². The Balaban J connectivity index is 1.63. The molecule has 1 aromatic rings. The molecular weight excluding hydrogens is 308 g/mol. The largest absolute Gasteiger partial charge is 0.386 e. The molecule has 7 heteroatoms. The van der Waals surface area contributed by atoms with Crippen molar-refractivity contribution in [2.75, 3.05) is 18.4 Å². The number of hydrogen-bond donors (Lipinski definition) is 1. The number of pyridine rings is 1. The highest BCUT2D eigenvalue weighted by Crippen LogP contribution is 2.34. The van der Waals surface area contributed by atoms with E-state index in [9.17, 15) is 9.59 Å². The second-order valence-electron chi connectivity index (χ2n) is 6.70. The number of likely N-dealkylation sites (tertiary alicyclic amines) is 1. The molecule has 0 unspecified atom stereocenters. The van der Waals surface area contributed by atoms with Crippen molar-refractivity contribution in [1.82, 2.24) is 9.88 Å². The molecule has 2 aliphatic heterocycles. The van der Waals surface area contributed by atoms with Gasteiger partial charge in [0.15, 0.2) is 5.60 Å². The Kier molecular flexibility index (Phi) is 4.51. The van der Waals surface area contributed by atoms with Crippen molar-refractivity contribution in [3.8, 4) is 0 Å². The van der Waals surface area contributed by atoms with Crippen LogP contribution in [-0.2, 0) is 14.4 Å². The van der Waals surface area contributed by atoms with E-state index in [1.807, 2.05) is 18.7 Å². The van der Waals surface area contributed by atoms with Crippen molar-refractivity contribution >= 4 is 23.2 Å². The van der Waals surface area contributed by atoms with Gasteiger partial charge in [-0.2, -0.15) is 0 Å². The van der Waals surface area contributed by atoms with Crippen molar-refractivity contribution in [2.24, 2.45) is 11.1 Å². The first-order valence-electron chi connectivity index (χ1n) is 8.24. The topological polar surface area (TPSA) is 83.9 Å². The number of nitrogens with zero attached hydrogens (tertiary/aromatic N) is 3. The molecule has 1 atom stereocenters. The van der Waals surface area contributed by atoms with Gasteiger partial charge in [0.05, 0.1) is 18.4 Å². The lowest BCUT2D eigenvalue weighted by atomic mass is 9.87. The van der Waals surface area contributed by atoms with Crippen LogP contribution in [0.5, 0.6) is 0 Å². The van der Waals surface area contributed by atoms with Crippen LogP contribution in [-0.4, -0.2) is 46.1 Å². The van der Waals surface area contributed by atoms with Crippen LogP contribution in [0.3, 0.4) is 0 Å². The second-order valence-corrected chi connectivity index (χ2v) is 6.70. The maximum Gasteiger partial charge on any atom is 0.273 e. The first-order chi connectivity index (χ1) is 11.5. The predicted octanol–water partition coefficient (Wildman–Crippen LogP) is 1.81. The SMILES string of the molecule is CC(C)C(=O)N1CCC[C@@]2(CC(C(=O)Nc3cccnc3)=NO2)C1. The fourth-order valence-electron chi connectivity index (χ4n) is 3.15. The number of anilines is 1. The first kappa shape index (κ1) is 16.4. The normalized spacial score (nSPS) is 23.1. The maximum atomic E-state index is 12.3. The molecule has 0 aromatic carbocycles. The first-order valence-corrected chi connectivity index (χ1v) is 8.24. The summed E-state index contributed by atoms with van der Waals surface area (Å²) >= 11 is 0. The monoisotopic (exact) mass is 330 g/mol. The smallest absolute Gasteiger partial charge is 0.273 e. The molecule has 3 heterocycles. The number of amides is 2. The van der Waals surface area contributed by atoms with E-state index in [1.165, 1.54) is 0 Å². The number of carbonyl (C=O) groups is 2. The number of carbonyl (C=O) groups excluding carboxylic acids is 2. The van der Waals surface area contributed by atoms with E-state index in [4.69, 9.17) is 4.84 Å². The zero-order valence-electron chi connectivity index (χ0n) is 14.0. The Morgan fingerprint density at radius 3 is 2.96 bits per heavy atom. The van der Waals surface area contributed by atoms with E-state index in [-0.39, 0.29) is 17.7 Å². The van der Waals surface area contributed by atoms with Crippen LogP contribution in [0.1, 0.15) is 33.1 Å². The molecule has 128 valence electrons. The summed E-state index contributed by atoms with van der Waals surface area (Å²) in [6, 6.07) is 3.52. The van der Waals surface area contributed by atoms with Crippen molar-refractivity contribution in [1.29, 1.82) is 0 Å². The minimum Gasteiger partial charge on any atom is -0.386 e. The zero-order valence-corrected chi connectivity index (χ0v) is 14.0. The molecule has 24 heavy (non-hydrogen) atoms. The Morgan fingerprint density at radius 1 is 1.42 bits per heavy atom. The van der Waals surface area contributed by atoms with Gasteiger partial charge in [-0.15, -0.1) is 0 Å². The lowest BCUT2D eigenvalue weighted by molar-refractivity contribution is -0.143. The number of rotatable bonds is 3. The molecular formula is C17H22N4O3. The van der Waals surface area contributed by atoms with Gasteiger partial charge in [0.1, 0.15) is 5.71 Å². The number of piperidine rings is 1. The minimum atomic E-state index is -0.565. The summed E-state index contributed by atoms with van der Waals surface area (Å²) in [5.41, 5.74) is 0.411. The molecule has 1 aromatic heterocycles. The molecule has 2 aliphatic rings. The van der Waals surface area contributed by atoms with Gasteiger partial charge in [-0.3, -0.25) is 14.6 Å². The van der Waals surface area contributed by atoms with Gasteiger partial charge in [-0.25, -0.2) is 0 Å². The van der Waals surface area contributed by atoms with E-state index in [0.29, 0.717) is 24.4 Å². The summed E-state index contributed by atoms with van der Waals surface area (Å²) in [6.07, 6.45) is 5.28. The highest BCUT2D eigenvalue weighted by Gasteiger charge is 2.45. The fourth-order valence-corrected chi connectivity index (χ4v) is 3.15. The summed E-state index contributed by atoms with van der Waals surface area (Å²) in [6.45, 7) is 5.00. The Hall–Kier alpha value is -2.44. The van der Waals surface area contributed by atoms with Crippen LogP contribution < -0.4 is 5.32 Å². The molecule has 0 aliphatic carbocycles. The third-order valence-electron chi connectivity index (χ3n) is 4.37. The fraction of sp³-hybridized carbons (Fsp3) is 0.529. The third-order valence-corrected chi connectivity index (χ3v) is 4.37. The van der Waals surface area contributed by atoms with Crippen LogP contribution in [0.4, 0.5) is 5.69 Å². The van der Waals surface area contributed by atoms with Crippen LogP contribution in [0, 0.1) is 5.92 Å². The molecule has 1 N–H and O–H groups in total. The standard InChI is InChI=1S/C17H22N4O3/c1-12(2)16(23)21-8-4-6-17(11-21)9-14(20-24-17)15(22)19-13-5-3-7-18-10-13/h3,5,7,10,12H,4,6,8-9,11H2,1-2H3,(H,19,22)/t17-/m1/s1. The minimum absolute atomic E-state index is 0.0455. The number of nitrogens with one attached hydrogen (secondary N) is 1. The summed E-state index contributed by atoms with van der Waals surface area (Å²) in [5.74, 6) is -0.214. The van der Waals surface area contributed by atoms with Gasteiger partial charge >= 0.3 is 0 Å². The van der Waals surface area contributed by atoms with Gasteiger partial charge in [-0.1, -0.05) is 19.0 Å². The summed E-state index contributed by atoms with van der Waals surface area (Å²) < 4.78 is 0. The third kappa shape index (κ3) is 3.39. The average molecular weight is 330 g/mol. The predicted molar refractivity (Wildman–Crippen MR) is 89.4 cm³/mol. The van der Waals surface area contributed by atoms with Crippen LogP contribution >= 0.6 is 0 Å². The number of hydrogen-bond acceptors (Lipinski definition) is 5. The average Bonchev–Trinajstić information content (AvgIpc) is 2.98. The van der Waals surface area contributed by atoms with Gasteiger partial charge in [0.2, 0.25) is 5.91 Å². The van der Waals surface area contributed by atoms with E-state index < -0.39 is 5.60 Å². The van der Waals surface area contributed by atoms with Crippen LogP contribution in [0.25, 0.3) is 0 Å². The Morgan fingerprint density at radius 2 is 2.25 bits per heavy atom. The van der Waals surface area contributed by atoms with E-state index >= 15 is 0 Å². The van der Waals surface area contributed by atoms with Gasteiger partial charge < -0.3 is 15.1 Å². The molecule has 1 saturated heterocycles. The van der Waals surface area contributed by atoms with Crippen LogP contribution in [0.2, 0.25) is 0 Å². The van der Waals surface area contributed by atoms with Crippen molar-refractivity contribution in [2.45, 2.75) is 38.7 Å². The van der Waals surface area contributed by atoms with E-state index in [2.05, 4.69) is 15.5 Å². The van der Waals surface area contributed by atoms with Gasteiger partial charge in [0.25, 0.3) is 5.91 Å². The summed E-state index contributed by atoms with van der Waals surface area (Å²) in [4.78, 5) is 36.0. The Bertz CT molecular complexity index is 659. The lowest BCUT2D eigenvalue weighted by Crippen LogP contribution is -2.51. The summed E-state index contributed by atoms with van der Waals surface area (Å²) in [7, 11) is 0. The molecule has 7 nitrogen and oxygen atoms in total. The van der Waals surface area contributed by atoms with Crippen molar-refractivity contribution < 1.29 is 14.4 Å². The lowest BCUT2D eigenvalue weighted by Gasteiger charge is -2.38. The molecule has 1 spiro atoms. The molecule has 3 rings (SSSR count). The van der Waals surface area contributed by atoms with Crippen molar-refractivity contribution in [3.05, 3.63) is 24.5 Å². The quantitative estimate of drug-likeness (QED) is 0.916. The molecule has 0 saturated carbocycles. The molecule has 1 fully saturated rings. The number of oxime groups is 1. The second kappa shape index (κ2) is 6.59. The van der Waals surface area contributed by atoms with Gasteiger partial charge in [-0.05, 0) is 25.0 Å². The van der Waals surface area contributed by atoms with Gasteiger partial charge in [0, 0.05) is 25.1 Å². The van der Waals surface area contributed by atoms with E-state index in [0.717, 1.165) is 19.4 Å². The van der Waals surface area contributed by atoms with Crippen molar-refractivity contribution in [3.63, 3.8) is 0 Å². The molecule has 0 bridgehead atoms. The number of aromatic nitrogens is 1. The van der Waals surface area contributed by atoms with Crippen LogP contribution in [0.15, 0.2) is 29.7 Å². The summed E-state index contributed by atoms with van der Waals surface area (Å²) in [5, 5.41) is 6.76. The highest BCUT2D eigenvalue weighted by molar-refractivity contribution is 6.43. The molecule has 0 radical (unpaired) electrons. The zero-order chi connectivity index (χ0) is 17.2. The molecule has 2 amide bonds. The van der Waals surface area contributed by atoms with E-state index in [1.54, 1.807) is 24.5 Å². The highest BCUT2D eigenvalue weighted by atomic mass is 16.7. The maximum absolute atomic E-state index is 12.3.